The van der Waals surface area contributed by atoms with Crippen LogP contribution < -0.4 is 4.90 Å². The number of carbonyl (C=O) groups is 3. The van der Waals surface area contributed by atoms with Gasteiger partial charge in [-0.05, 0) is 12.1 Å². The van der Waals surface area contributed by atoms with Gasteiger partial charge in [-0.1, -0.05) is 12.1 Å². The highest BCUT2D eigenvalue weighted by Crippen LogP contribution is 2.33. The molecule has 1 aromatic rings. The number of benzene rings is 1. The Morgan fingerprint density at radius 1 is 1.37 bits per heavy atom. The number of anilines is 1. The van der Waals surface area contributed by atoms with E-state index in [1.54, 1.807) is 18.2 Å². The molecule has 1 aliphatic rings. The summed E-state index contributed by atoms with van der Waals surface area (Å²) in [5.41, 5.74) is -1.78. The van der Waals surface area contributed by atoms with Crippen LogP contribution in [-0.2, 0) is 14.3 Å². The topological polar surface area (TPSA) is 83.9 Å². The van der Waals surface area contributed by atoms with Gasteiger partial charge < -0.3 is 14.7 Å². The lowest BCUT2D eigenvalue weighted by atomic mass is 9.84. The van der Waals surface area contributed by atoms with E-state index in [-0.39, 0.29) is 5.56 Å². The predicted octanol–water partition coefficient (Wildman–Crippen LogP) is 0.140. The molecule has 0 bridgehead atoms. The Hall–Kier alpha value is -2.21. The number of esters is 1. The van der Waals surface area contributed by atoms with Gasteiger partial charge in [0.2, 0.25) is 11.4 Å². The minimum absolute atomic E-state index is 0.205. The summed E-state index contributed by atoms with van der Waals surface area (Å²) < 4.78 is 4.42. The van der Waals surface area contributed by atoms with E-state index in [2.05, 4.69) is 4.74 Å². The minimum atomic E-state index is -2.39. The first-order valence-corrected chi connectivity index (χ1v) is 5.63. The maximum Gasteiger partial charge on any atom is 0.309 e. The molecule has 0 spiro atoms. The molecular weight excluding hydrogens is 250 g/mol. The first kappa shape index (κ1) is 13.2. The van der Waals surface area contributed by atoms with Crippen molar-refractivity contribution in [1.82, 2.24) is 0 Å². The summed E-state index contributed by atoms with van der Waals surface area (Å²) in [5, 5.41) is 10.3. The summed E-state index contributed by atoms with van der Waals surface area (Å²) in [4.78, 5) is 36.8. The molecule has 6 nitrogen and oxygen atoms in total. The Balaban J connectivity index is 2.52. The molecule has 1 amide bonds. The van der Waals surface area contributed by atoms with E-state index in [9.17, 15) is 19.5 Å². The number of methoxy groups -OCH3 is 1. The zero-order chi connectivity index (χ0) is 14.2. The van der Waals surface area contributed by atoms with E-state index in [0.29, 0.717) is 5.69 Å². The molecule has 0 saturated carbocycles. The Labute approximate surface area is 109 Å². The average molecular weight is 263 g/mol. The molecule has 0 fully saturated rings. The van der Waals surface area contributed by atoms with Crippen molar-refractivity contribution >= 4 is 23.3 Å². The lowest BCUT2D eigenvalue weighted by Gasteiger charge is -2.35. The molecule has 100 valence electrons. The van der Waals surface area contributed by atoms with E-state index in [1.807, 2.05) is 0 Å². The molecule has 1 heterocycles. The quantitative estimate of drug-likeness (QED) is 0.606. The van der Waals surface area contributed by atoms with Gasteiger partial charge in [0.05, 0.1) is 19.2 Å². The van der Waals surface area contributed by atoms with Gasteiger partial charge in [-0.25, -0.2) is 0 Å². The standard InChI is InChI=1S/C13H13NO5/c1-14-9-6-4-3-5-8(9)11(16)13(18,12(14)17)7-10(15)19-2/h3-6,18H,7H2,1-2H3. The van der Waals surface area contributed by atoms with Crippen LogP contribution in [-0.4, -0.2) is 42.5 Å². The van der Waals surface area contributed by atoms with Gasteiger partial charge >= 0.3 is 5.97 Å². The molecule has 6 heteroatoms. The number of hydrogen-bond acceptors (Lipinski definition) is 5. The van der Waals surface area contributed by atoms with Crippen molar-refractivity contribution < 1.29 is 24.2 Å². The van der Waals surface area contributed by atoms with Crippen molar-refractivity contribution in [1.29, 1.82) is 0 Å². The maximum absolute atomic E-state index is 12.2. The van der Waals surface area contributed by atoms with Gasteiger partial charge in [-0.3, -0.25) is 14.4 Å². The van der Waals surface area contributed by atoms with Gasteiger partial charge in [0.15, 0.2) is 0 Å². The summed E-state index contributed by atoms with van der Waals surface area (Å²) in [6.45, 7) is 0. The Kier molecular flexibility index (Phi) is 3.11. The van der Waals surface area contributed by atoms with Gasteiger partial charge in [-0.2, -0.15) is 0 Å². The molecule has 2 rings (SSSR count). The molecule has 0 saturated heterocycles. The summed E-state index contributed by atoms with van der Waals surface area (Å²) >= 11 is 0. The smallest absolute Gasteiger partial charge is 0.309 e. The number of amides is 1. The first-order chi connectivity index (χ1) is 8.91. The van der Waals surface area contributed by atoms with Crippen molar-refractivity contribution in [2.45, 2.75) is 12.0 Å². The Morgan fingerprint density at radius 2 is 2.00 bits per heavy atom. The van der Waals surface area contributed by atoms with Crippen LogP contribution in [0.1, 0.15) is 16.8 Å². The number of carbonyl (C=O) groups excluding carboxylic acids is 3. The number of ketones is 1. The van der Waals surface area contributed by atoms with Crippen LogP contribution in [0.5, 0.6) is 0 Å². The van der Waals surface area contributed by atoms with Crippen LogP contribution in [0.15, 0.2) is 24.3 Å². The van der Waals surface area contributed by atoms with Crippen LogP contribution in [0.3, 0.4) is 0 Å². The second-order valence-electron chi connectivity index (χ2n) is 4.32. The van der Waals surface area contributed by atoms with E-state index in [1.165, 1.54) is 18.0 Å². The summed E-state index contributed by atoms with van der Waals surface area (Å²) in [6, 6.07) is 6.41. The van der Waals surface area contributed by atoms with E-state index >= 15 is 0 Å². The second-order valence-corrected chi connectivity index (χ2v) is 4.32. The average Bonchev–Trinajstić information content (AvgIpc) is 2.43. The Morgan fingerprint density at radius 3 is 2.63 bits per heavy atom. The fourth-order valence-electron chi connectivity index (χ4n) is 2.10. The van der Waals surface area contributed by atoms with Gasteiger partial charge in [0.1, 0.15) is 0 Å². The molecule has 0 aliphatic carbocycles. The minimum Gasteiger partial charge on any atom is -0.469 e. The lowest BCUT2D eigenvalue weighted by Crippen LogP contribution is -2.58. The van der Waals surface area contributed by atoms with Crippen molar-refractivity contribution in [3.05, 3.63) is 29.8 Å². The van der Waals surface area contributed by atoms with Crippen LogP contribution in [0.25, 0.3) is 0 Å². The number of para-hydroxylation sites is 1. The molecule has 1 atom stereocenters. The molecule has 1 aliphatic heterocycles. The van der Waals surface area contributed by atoms with Crippen LogP contribution in [0.4, 0.5) is 5.69 Å². The van der Waals surface area contributed by atoms with Crippen LogP contribution >= 0.6 is 0 Å². The van der Waals surface area contributed by atoms with Crippen molar-refractivity contribution in [2.24, 2.45) is 0 Å². The third kappa shape index (κ3) is 1.90. The number of fused-ring (bicyclic) bond motifs is 1. The molecule has 1 aromatic carbocycles. The highest BCUT2D eigenvalue weighted by molar-refractivity contribution is 6.27. The molecule has 19 heavy (non-hydrogen) atoms. The predicted molar refractivity (Wildman–Crippen MR) is 65.8 cm³/mol. The number of hydrogen-bond donors (Lipinski definition) is 1. The van der Waals surface area contributed by atoms with E-state index in [0.717, 1.165) is 7.11 Å². The number of ether oxygens (including phenoxy) is 1. The summed E-state index contributed by atoms with van der Waals surface area (Å²) in [5.74, 6) is -2.44. The number of aliphatic hydroxyl groups is 1. The fraction of sp³-hybridized carbons (Fsp3) is 0.308. The SMILES string of the molecule is COC(=O)CC1(O)C(=O)c2ccccc2N(C)C1=O. The van der Waals surface area contributed by atoms with Crippen LogP contribution in [0, 0.1) is 0 Å². The zero-order valence-electron chi connectivity index (χ0n) is 10.5. The molecule has 1 N–H and O–H groups in total. The zero-order valence-corrected chi connectivity index (χ0v) is 10.5. The highest BCUT2D eigenvalue weighted by Gasteiger charge is 2.52. The number of nitrogens with zero attached hydrogens (tertiary/aromatic N) is 1. The monoisotopic (exact) mass is 263 g/mol. The largest absolute Gasteiger partial charge is 0.469 e. The molecule has 1 unspecified atom stereocenters. The normalized spacial score (nSPS) is 22.2. The number of rotatable bonds is 2. The van der Waals surface area contributed by atoms with Crippen LogP contribution in [0.2, 0.25) is 0 Å². The maximum atomic E-state index is 12.2. The third-order valence-corrected chi connectivity index (χ3v) is 3.17. The third-order valence-electron chi connectivity index (χ3n) is 3.17. The van der Waals surface area contributed by atoms with Crippen molar-refractivity contribution in [3.63, 3.8) is 0 Å². The first-order valence-electron chi connectivity index (χ1n) is 5.63. The molecular formula is C13H13NO5. The van der Waals surface area contributed by atoms with Gasteiger partial charge in [0, 0.05) is 12.6 Å². The Bertz CT molecular complexity index is 568. The van der Waals surface area contributed by atoms with Gasteiger partial charge in [-0.15, -0.1) is 0 Å². The number of likely N-dealkylation sites (N-methyl/N-ethyl adjacent to an activating group) is 1. The fourth-order valence-corrected chi connectivity index (χ4v) is 2.10. The summed E-state index contributed by atoms with van der Waals surface area (Å²) in [6.07, 6.45) is -0.695. The number of Topliss-reactive ketones (excluding diaryl/α,β-unsaturated/α-hetero) is 1. The molecule has 0 aromatic heterocycles. The van der Waals surface area contributed by atoms with Crippen molar-refractivity contribution in [3.8, 4) is 0 Å². The second kappa shape index (κ2) is 4.47. The van der Waals surface area contributed by atoms with E-state index < -0.39 is 29.7 Å². The van der Waals surface area contributed by atoms with Gasteiger partial charge in [0.25, 0.3) is 5.91 Å². The summed E-state index contributed by atoms with van der Waals surface area (Å²) in [7, 11) is 2.57. The lowest BCUT2D eigenvalue weighted by molar-refractivity contribution is -0.150. The highest BCUT2D eigenvalue weighted by atomic mass is 16.5. The molecule has 0 radical (unpaired) electrons. The van der Waals surface area contributed by atoms with E-state index in [4.69, 9.17) is 0 Å². The van der Waals surface area contributed by atoms with Crippen molar-refractivity contribution in [2.75, 3.05) is 19.1 Å².